The Kier molecular flexibility index (Phi) is 4.06. The summed E-state index contributed by atoms with van der Waals surface area (Å²) in [6.45, 7) is 1.33. The zero-order chi connectivity index (χ0) is 15.6. The van der Waals surface area contributed by atoms with Gasteiger partial charge in [-0.25, -0.2) is 4.79 Å². The van der Waals surface area contributed by atoms with Crippen molar-refractivity contribution in [3.63, 3.8) is 0 Å². The van der Waals surface area contributed by atoms with Gasteiger partial charge < -0.3 is 14.5 Å². The number of nitro benzene ring substituents is 1. The quantitative estimate of drug-likeness (QED) is 0.462. The summed E-state index contributed by atoms with van der Waals surface area (Å²) in [5.41, 5.74) is 0.153. The van der Waals surface area contributed by atoms with E-state index in [4.69, 9.17) is 0 Å². The summed E-state index contributed by atoms with van der Waals surface area (Å²) in [4.78, 5) is 37.1. The standard InChI is InChI=1S/C13H15N3O5/c1-14-5-6-15(8-12(14)17)9-3-4-11(16(19)20)10(7-9)13(18)21-2/h3-4,7H,5-6,8H2,1-2H3. The molecule has 1 aromatic rings. The first-order valence-electron chi connectivity index (χ1n) is 6.29. The van der Waals surface area contributed by atoms with E-state index in [-0.39, 0.29) is 23.7 Å². The number of carbonyl (C=O) groups excluding carboxylic acids is 2. The summed E-state index contributed by atoms with van der Waals surface area (Å²) < 4.78 is 4.57. The van der Waals surface area contributed by atoms with Crippen molar-refractivity contribution >= 4 is 23.3 Å². The first-order valence-corrected chi connectivity index (χ1v) is 6.29. The van der Waals surface area contributed by atoms with Gasteiger partial charge in [-0.3, -0.25) is 14.9 Å². The molecule has 0 radical (unpaired) electrons. The fourth-order valence-corrected chi connectivity index (χ4v) is 2.13. The lowest BCUT2D eigenvalue weighted by Gasteiger charge is -2.33. The lowest BCUT2D eigenvalue weighted by molar-refractivity contribution is -0.385. The van der Waals surface area contributed by atoms with E-state index in [2.05, 4.69) is 4.74 Å². The van der Waals surface area contributed by atoms with Crippen molar-refractivity contribution in [2.45, 2.75) is 0 Å². The van der Waals surface area contributed by atoms with Gasteiger partial charge in [0.2, 0.25) is 5.91 Å². The number of ether oxygens (including phenoxy) is 1. The fourth-order valence-electron chi connectivity index (χ4n) is 2.13. The monoisotopic (exact) mass is 293 g/mol. The maximum Gasteiger partial charge on any atom is 0.344 e. The van der Waals surface area contributed by atoms with Crippen molar-refractivity contribution in [2.24, 2.45) is 0 Å². The van der Waals surface area contributed by atoms with E-state index in [0.717, 1.165) is 7.11 Å². The lowest BCUT2D eigenvalue weighted by atomic mass is 10.1. The van der Waals surface area contributed by atoms with Gasteiger partial charge in [-0.15, -0.1) is 0 Å². The van der Waals surface area contributed by atoms with Gasteiger partial charge in [-0.1, -0.05) is 0 Å². The molecule has 0 aromatic heterocycles. The number of hydrogen-bond acceptors (Lipinski definition) is 6. The molecule has 1 fully saturated rings. The normalized spacial score (nSPS) is 15.0. The van der Waals surface area contributed by atoms with E-state index >= 15 is 0 Å². The smallest absolute Gasteiger partial charge is 0.344 e. The fraction of sp³-hybridized carbons (Fsp3) is 0.385. The van der Waals surface area contributed by atoms with Gasteiger partial charge in [-0.2, -0.15) is 0 Å². The average Bonchev–Trinajstić information content (AvgIpc) is 2.48. The predicted molar refractivity (Wildman–Crippen MR) is 74.3 cm³/mol. The van der Waals surface area contributed by atoms with Crippen LogP contribution in [0, 0.1) is 10.1 Å². The molecular formula is C13H15N3O5. The minimum atomic E-state index is -0.774. The maximum absolute atomic E-state index is 11.7. The summed E-state index contributed by atoms with van der Waals surface area (Å²) in [5, 5.41) is 10.9. The largest absolute Gasteiger partial charge is 0.465 e. The highest BCUT2D eigenvalue weighted by Gasteiger charge is 2.25. The van der Waals surface area contributed by atoms with Crippen molar-refractivity contribution in [3.8, 4) is 0 Å². The molecule has 0 N–H and O–H groups in total. The minimum absolute atomic E-state index is 0.0424. The topological polar surface area (TPSA) is 93.0 Å². The molecule has 1 saturated heterocycles. The number of esters is 1. The lowest BCUT2D eigenvalue weighted by Crippen LogP contribution is -2.48. The van der Waals surface area contributed by atoms with Crippen LogP contribution >= 0.6 is 0 Å². The van der Waals surface area contributed by atoms with Crippen molar-refractivity contribution in [2.75, 3.05) is 38.7 Å². The van der Waals surface area contributed by atoms with Gasteiger partial charge in [-0.05, 0) is 12.1 Å². The number of rotatable bonds is 3. The number of likely N-dealkylation sites (N-methyl/N-ethyl adjacent to an activating group) is 1. The van der Waals surface area contributed by atoms with Gasteiger partial charge in [0.15, 0.2) is 0 Å². The third kappa shape index (κ3) is 2.93. The average molecular weight is 293 g/mol. The van der Waals surface area contributed by atoms with Crippen LogP contribution < -0.4 is 4.90 Å². The van der Waals surface area contributed by atoms with Crippen LogP contribution in [0.3, 0.4) is 0 Å². The van der Waals surface area contributed by atoms with E-state index in [1.165, 1.54) is 18.2 Å². The van der Waals surface area contributed by atoms with Crippen molar-refractivity contribution in [1.82, 2.24) is 4.90 Å². The van der Waals surface area contributed by atoms with Crippen molar-refractivity contribution in [1.29, 1.82) is 0 Å². The predicted octanol–water partition coefficient (Wildman–Crippen LogP) is 0.660. The van der Waals surface area contributed by atoms with Crippen LogP contribution in [0.1, 0.15) is 10.4 Å². The molecule has 21 heavy (non-hydrogen) atoms. The number of piperazine rings is 1. The highest BCUT2D eigenvalue weighted by atomic mass is 16.6. The molecule has 1 aromatic carbocycles. The van der Waals surface area contributed by atoms with E-state index in [0.29, 0.717) is 18.8 Å². The summed E-state index contributed by atoms with van der Waals surface area (Å²) in [5.74, 6) is -0.816. The first kappa shape index (κ1) is 14.8. The molecule has 0 atom stereocenters. The summed E-state index contributed by atoms with van der Waals surface area (Å²) in [7, 11) is 2.88. The molecule has 112 valence electrons. The number of hydrogen-bond donors (Lipinski definition) is 0. The van der Waals surface area contributed by atoms with Gasteiger partial charge in [0.1, 0.15) is 5.56 Å². The second kappa shape index (κ2) is 5.78. The van der Waals surface area contributed by atoms with E-state index < -0.39 is 10.9 Å². The molecule has 0 unspecified atom stereocenters. The molecular weight excluding hydrogens is 278 g/mol. The Hall–Kier alpha value is -2.64. The van der Waals surface area contributed by atoms with Crippen LogP contribution in [0.15, 0.2) is 18.2 Å². The number of nitro groups is 1. The van der Waals surface area contributed by atoms with Crippen LogP contribution in [0.5, 0.6) is 0 Å². The van der Waals surface area contributed by atoms with Gasteiger partial charge in [0, 0.05) is 31.9 Å². The molecule has 0 bridgehead atoms. The third-order valence-corrected chi connectivity index (χ3v) is 3.40. The highest BCUT2D eigenvalue weighted by molar-refractivity contribution is 5.95. The molecule has 0 spiro atoms. The molecule has 0 aliphatic carbocycles. The molecule has 2 rings (SSSR count). The van der Waals surface area contributed by atoms with E-state index in [1.54, 1.807) is 16.8 Å². The first-order chi connectivity index (χ1) is 9.93. The molecule has 1 heterocycles. The molecule has 1 amide bonds. The molecule has 8 nitrogen and oxygen atoms in total. The number of methoxy groups -OCH3 is 1. The van der Waals surface area contributed by atoms with Crippen LogP contribution in [0.2, 0.25) is 0 Å². The molecule has 1 aliphatic heterocycles. The van der Waals surface area contributed by atoms with E-state index in [9.17, 15) is 19.7 Å². The van der Waals surface area contributed by atoms with Crippen molar-refractivity contribution < 1.29 is 19.2 Å². The van der Waals surface area contributed by atoms with Gasteiger partial charge in [0.05, 0.1) is 18.6 Å². The van der Waals surface area contributed by atoms with Gasteiger partial charge in [0.25, 0.3) is 5.69 Å². The Morgan fingerprint density at radius 1 is 1.38 bits per heavy atom. The number of nitrogens with zero attached hydrogens (tertiary/aromatic N) is 3. The number of amides is 1. The van der Waals surface area contributed by atoms with E-state index in [1.807, 2.05) is 0 Å². The Balaban J connectivity index is 2.36. The summed E-state index contributed by atoms with van der Waals surface area (Å²) in [6, 6.07) is 4.18. The highest BCUT2D eigenvalue weighted by Crippen LogP contribution is 2.26. The zero-order valence-corrected chi connectivity index (χ0v) is 11.7. The summed E-state index contributed by atoms with van der Waals surface area (Å²) in [6.07, 6.45) is 0. The Bertz CT molecular complexity index is 601. The molecule has 8 heteroatoms. The van der Waals surface area contributed by atoms with Crippen molar-refractivity contribution in [3.05, 3.63) is 33.9 Å². The SMILES string of the molecule is COC(=O)c1cc(N2CCN(C)C(=O)C2)ccc1[N+](=O)[O-]. The number of benzene rings is 1. The van der Waals surface area contributed by atoms with Crippen LogP contribution in [-0.4, -0.2) is 55.5 Å². The van der Waals surface area contributed by atoms with Crippen LogP contribution in [-0.2, 0) is 9.53 Å². The third-order valence-electron chi connectivity index (χ3n) is 3.40. The van der Waals surface area contributed by atoms with Crippen LogP contribution in [0.4, 0.5) is 11.4 Å². The van der Waals surface area contributed by atoms with Gasteiger partial charge >= 0.3 is 5.97 Å². The molecule has 0 saturated carbocycles. The second-order valence-corrected chi connectivity index (χ2v) is 4.69. The number of carbonyl (C=O) groups is 2. The zero-order valence-electron chi connectivity index (χ0n) is 11.7. The van der Waals surface area contributed by atoms with Crippen LogP contribution in [0.25, 0.3) is 0 Å². The second-order valence-electron chi connectivity index (χ2n) is 4.69. The Morgan fingerprint density at radius 2 is 2.10 bits per heavy atom. The minimum Gasteiger partial charge on any atom is -0.465 e. The molecule has 1 aliphatic rings. The maximum atomic E-state index is 11.7. The number of anilines is 1. The summed E-state index contributed by atoms with van der Waals surface area (Å²) >= 11 is 0. The Morgan fingerprint density at radius 3 is 2.67 bits per heavy atom. The Labute approximate surface area is 121 Å².